The van der Waals surface area contributed by atoms with Gasteiger partial charge in [-0.05, 0) is 42.5 Å². The van der Waals surface area contributed by atoms with Crippen LogP contribution in [0.25, 0.3) is 10.6 Å². The maximum Gasteiger partial charge on any atom is 0.123 e. The van der Waals surface area contributed by atoms with Gasteiger partial charge in [-0.15, -0.1) is 11.3 Å². The Kier molecular flexibility index (Phi) is 5.62. The van der Waals surface area contributed by atoms with E-state index in [0.717, 1.165) is 59.8 Å². The smallest absolute Gasteiger partial charge is 0.123 e. The second-order valence-corrected chi connectivity index (χ2v) is 7.91. The molecule has 140 valence electrons. The molecule has 3 aromatic rings. The van der Waals surface area contributed by atoms with E-state index in [4.69, 9.17) is 21.3 Å². The lowest BCUT2D eigenvalue weighted by molar-refractivity contribution is 0.247. The van der Waals surface area contributed by atoms with Gasteiger partial charge in [-0.2, -0.15) is 0 Å². The molecule has 0 spiro atoms. The van der Waals surface area contributed by atoms with Gasteiger partial charge in [0.15, 0.2) is 0 Å². The van der Waals surface area contributed by atoms with Crippen molar-refractivity contribution in [2.24, 2.45) is 0 Å². The van der Waals surface area contributed by atoms with E-state index in [1.807, 2.05) is 30.3 Å². The molecule has 2 heterocycles. The number of piperazine rings is 1. The number of anilines is 1. The van der Waals surface area contributed by atoms with Gasteiger partial charge in [-0.25, -0.2) is 4.98 Å². The summed E-state index contributed by atoms with van der Waals surface area (Å²) in [5, 5.41) is 4.02. The fraction of sp³-hybridized carbons (Fsp3) is 0.286. The fourth-order valence-electron chi connectivity index (χ4n) is 3.31. The van der Waals surface area contributed by atoms with Crippen LogP contribution in [0.15, 0.2) is 53.9 Å². The predicted octanol–water partition coefficient (Wildman–Crippen LogP) is 4.79. The molecule has 0 N–H and O–H groups in total. The molecule has 1 aliphatic rings. The zero-order valence-electron chi connectivity index (χ0n) is 15.3. The van der Waals surface area contributed by atoms with Gasteiger partial charge in [0.2, 0.25) is 0 Å². The van der Waals surface area contributed by atoms with Crippen LogP contribution in [0.5, 0.6) is 5.75 Å². The Balaban J connectivity index is 1.35. The Morgan fingerprint density at radius 1 is 1.07 bits per heavy atom. The molecular weight excluding hydrogens is 378 g/mol. The lowest BCUT2D eigenvalue weighted by Gasteiger charge is -2.35. The Labute approximate surface area is 169 Å². The first-order chi connectivity index (χ1) is 13.2. The van der Waals surface area contributed by atoms with Gasteiger partial charge >= 0.3 is 0 Å². The zero-order valence-corrected chi connectivity index (χ0v) is 16.8. The summed E-state index contributed by atoms with van der Waals surface area (Å²) in [6.07, 6.45) is 0. The summed E-state index contributed by atoms with van der Waals surface area (Å²) in [5.74, 6) is 0.869. The molecule has 1 fully saturated rings. The van der Waals surface area contributed by atoms with Crippen LogP contribution in [0.3, 0.4) is 0 Å². The van der Waals surface area contributed by atoms with Crippen molar-refractivity contribution in [3.63, 3.8) is 0 Å². The van der Waals surface area contributed by atoms with Crippen LogP contribution < -0.4 is 9.64 Å². The second kappa shape index (κ2) is 8.30. The molecule has 0 saturated carbocycles. The third kappa shape index (κ3) is 4.43. The van der Waals surface area contributed by atoms with Crippen LogP contribution in [0.1, 0.15) is 5.69 Å². The normalized spacial score (nSPS) is 15.1. The Morgan fingerprint density at radius 3 is 2.56 bits per heavy atom. The summed E-state index contributed by atoms with van der Waals surface area (Å²) in [6, 6.07) is 16.2. The van der Waals surface area contributed by atoms with E-state index in [0.29, 0.717) is 0 Å². The average Bonchev–Trinajstić information content (AvgIpc) is 3.17. The summed E-state index contributed by atoms with van der Waals surface area (Å²) in [7, 11) is 1.68. The Morgan fingerprint density at radius 2 is 1.85 bits per heavy atom. The number of halogens is 1. The molecule has 0 unspecified atom stereocenters. The summed E-state index contributed by atoms with van der Waals surface area (Å²) < 4.78 is 5.22. The molecule has 6 heteroatoms. The summed E-state index contributed by atoms with van der Waals surface area (Å²) >= 11 is 7.82. The molecule has 0 radical (unpaired) electrons. The van der Waals surface area contributed by atoms with Gasteiger partial charge in [-0.3, -0.25) is 4.90 Å². The first kappa shape index (κ1) is 18.3. The van der Waals surface area contributed by atoms with Crippen LogP contribution in [0.4, 0.5) is 5.69 Å². The molecule has 4 nitrogen and oxygen atoms in total. The van der Waals surface area contributed by atoms with Crippen molar-refractivity contribution in [3.05, 3.63) is 64.6 Å². The van der Waals surface area contributed by atoms with Crippen molar-refractivity contribution in [2.45, 2.75) is 6.54 Å². The van der Waals surface area contributed by atoms with E-state index in [9.17, 15) is 0 Å². The molecular formula is C21H22ClN3OS. The van der Waals surface area contributed by atoms with Crippen molar-refractivity contribution < 1.29 is 4.74 Å². The van der Waals surface area contributed by atoms with E-state index >= 15 is 0 Å². The Hall–Kier alpha value is -2.08. The number of hydrogen-bond acceptors (Lipinski definition) is 5. The first-order valence-electron chi connectivity index (χ1n) is 9.03. The van der Waals surface area contributed by atoms with Gasteiger partial charge in [0.05, 0.1) is 12.8 Å². The van der Waals surface area contributed by atoms with Crippen LogP contribution >= 0.6 is 22.9 Å². The zero-order chi connectivity index (χ0) is 18.6. The highest BCUT2D eigenvalue weighted by molar-refractivity contribution is 7.13. The van der Waals surface area contributed by atoms with Crippen LogP contribution in [0.2, 0.25) is 5.02 Å². The van der Waals surface area contributed by atoms with Gasteiger partial charge in [0.1, 0.15) is 10.8 Å². The lowest BCUT2D eigenvalue weighted by atomic mass is 10.2. The number of rotatable bonds is 5. The topological polar surface area (TPSA) is 28.6 Å². The number of nitrogens with zero attached hydrogens (tertiary/aromatic N) is 3. The van der Waals surface area contributed by atoms with Crippen molar-refractivity contribution in [1.29, 1.82) is 0 Å². The molecule has 1 saturated heterocycles. The molecule has 0 bridgehead atoms. The van der Waals surface area contributed by atoms with Crippen molar-refractivity contribution in [3.8, 4) is 16.3 Å². The van der Waals surface area contributed by atoms with Gasteiger partial charge in [-0.1, -0.05) is 17.7 Å². The number of methoxy groups -OCH3 is 1. The fourth-order valence-corrected chi connectivity index (χ4v) is 4.31. The van der Waals surface area contributed by atoms with E-state index in [-0.39, 0.29) is 0 Å². The molecule has 4 rings (SSSR count). The maximum atomic E-state index is 6.12. The summed E-state index contributed by atoms with van der Waals surface area (Å²) in [6.45, 7) is 4.98. The minimum Gasteiger partial charge on any atom is -0.497 e. The van der Waals surface area contributed by atoms with E-state index in [1.165, 1.54) is 5.69 Å². The molecule has 1 aromatic heterocycles. The van der Waals surface area contributed by atoms with Gasteiger partial charge in [0.25, 0.3) is 0 Å². The minimum absolute atomic E-state index is 0.795. The minimum atomic E-state index is 0.795. The number of benzene rings is 2. The Bertz CT molecular complexity index is 888. The third-order valence-electron chi connectivity index (χ3n) is 4.82. The second-order valence-electron chi connectivity index (χ2n) is 6.62. The lowest BCUT2D eigenvalue weighted by Crippen LogP contribution is -2.46. The standard InChI is InChI=1S/C21H22ClN3OS/c1-26-20-7-5-16(6-8-20)21-23-18(15-27-21)14-24-9-11-25(12-10-24)19-4-2-3-17(22)13-19/h2-8,13,15H,9-12,14H2,1H3. The highest BCUT2D eigenvalue weighted by Crippen LogP contribution is 2.27. The molecule has 27 heavy (non-hydrogen) atoms. The monoisotopic (exact) mass is 399 g/mol. The number of thiazole rings is 1. The predicted molar refractivity (Wildman–Crippen MR) is 113 cm³/mol. The summed E-state index contributed by atoms with van der Waals surface area (Å²) in [4.78, 5) is 9.69. The quantitative estimate of drug-likeness (QED) is 0.616. The van der Waals surface area contributed by atoms with E-state index in [1.54, 1.807) is 18.4 Å². The molecule has 1 aliphatic heterocycles. The summed E-state index contributed by atoms with van der Waals surface area (Å²) in [5.41, 5.74) is 3.48. The maximum absolute atomic E-state index is 6.12. The van der Waals surface area contributed by atoms with E-state index < -0.39 is 0 Å². The van der Waals surface area contributed by atoms with E-state index in [2.05, 4.69) is 33.4 Å². The SMILES string of the molecule is COc1ccc(-c2nc(CN3CCN(c4cccc(Cl)c4)CC3)cs2)cc1. The average molecular weight is 400 g/mol. The van der Waals surface area contributed by atoms with Crippen molar-refractivity contribution in [2.75, 3.05) is 38.2 Å². The number of aromatic nitrogens is 1. The van der Waals surface area contributed by atoms with Crippen molar-refractivity contribution in [1.82, 2.24) is 9.88 Å². The molecule has 0 aliphatic carbocycles. The number of hydrogen-bond donors (Lipinski definition) is 0. The van der Waals surface area contributed by atoms with Crippen LogP contribution in [-0.2, 0) is 6.54 Å². The molecule has 0 amide bonds. The van der Waals surface area contributed by atoms with Crippen molar-refractivity contribution >= 4 is 28.6 Å². The number of ether oxygens (including phenoxy) is 1. The first-order valence-corrected chi connectivity index (χ1v) is 10.3. The highest BCUT2D eigenvalue weighted by Gasteiger charge is 2.18. The largest absolute Gasteiger partial charge is 0.497 e. The van der Waals surface area contributed by atoms with Gasteiger partial charge in [0, 0.05) is 54.4 Å². The van der Waals surface area contributed by atoms with Gasteiger partial charge < -0.3 is 9.64 Å². The third-order valence-corrected chi connectivity index (χ3v) is 6.00. The molecule has 2 aromatic carbocycles. The van der Waals surface area contributed by atoms with Crippen LogP contribution in [-0.4, -0.2) is 43.2 Å². The van der Waals surface area contributed by atoms with Crippen LogP contribution in [0, 0.1) is 0 Å². The highest BCUT2D eigenvalue weighted by atomic mass is 35.5. The molecule has 0 atom stereocenters.